The van der Waals surface area contributed by atoms with Gasteiger partial charge in [-0.1, -0.05) is 86.3 Å². The molecule has 0 rings (SSSR count). The highest BCUT2D eigenvalue weighted by Crippen LogP contribution is 2.34. The van der Waals surface area contributed by atoms with E-state index in [2.05, 4.69) is 55.0 Å². The summed E-state index contributed by atoms with van der Waals surface area (Å²) in [5.74, 6) is 2.07. The predicted octanol–water partition coefficient (Wildman–Crippen LogP) is 6.47. The Hall–Kier alpha value is -0.260. The number of hydrogen-bond donors (Lipinski definition) is 0. The summed E-state index contributed by atoms with van der Waals surface area (Å²) in [6.07, 6.45) is 6.72. The highest BCUT2D eigenvalue weighted by Gasteiger charge is 2.21. The Morgan fingerprint density at radius 2 is 1.56 bits per heavy atom. The van der Waals surface area contributed by atoms with Crippen LogP contribution in [-0.2, 0) is 0 Å². The lowest BCUT2D eigenvalue weighted by atomic mass is 9.77. The Morgan fingerprint density at radius 3 is 1.94 bits per heavy atom. The summed E-state index contributed by atoms with van der Waals surface area (Å²) >= 11 is 0. The summed E-state index contributed by atoms with van der Waals surface area (Å²) in [7, 11) is 0. The van der Waals surface area contributed by atoms with E-state index in [4.69, 9.17) is 0 Å². The lowest BCUT2D eigenvalue weighted by Gasteiger charge is -2.29. The quantitative estimate of drug-likeness (QED) is 0.413. The van der Waals surface area contributed by atoms with Crippen molar-refractivity contribution in [2.45, 2.75) is 80.6 Å². The lowest BCUT2D eigenvalue weighted by molar-refractivity contribution is 0.249. The zero-order valence-corrected chi connectivity index (χ0v) is 14.0. The zero-order chi connectivity index (χ0) is 14.3. The molecule has 108 valence electrons. The minimum atomic E-state index is 0.567. The van der Waals surface area contributed by atoms with Gasteiger partial charge in [0.2, 0.25) is 0 Å². The predicted molar refractivity (Wildman–Crippen MR) is 84.8 cm³/mol. The van der Waals surface area contributed by atoms with Gasteiger partial charge in [0.1, 0.15) is 0 Å². The average Bonchev–Trinajstić information content (AvgIpc) is 2.36. The molecule has 2 atom stereocenters. The second-order valence-corrected chi connectivity index (χ2v) is 6.91. The molecule has 0 spiro atoms. The van der Waals surface area contributed by atoms with Crippen LogP contribution in [0.4, 0.5) is 0 Å². The van der Waals surface area contributed by atoms with Crippen molar-refractivity contribution in [1.29, 1.82) is 0 Å². The SMILES string of the molecule is C=C(C(C)C)C(C)C(C)CCCC(C)(CC)CC. The van der Waals surface area contributed by atoms with Crippen LogP contribution in [0, 0.1) is 23.2 Å². The Bertz CT molecular complexity index is 232. The van der Waals surface area contributed by atoms with Gasteiger partial charge < -0.3 is 0 Å². The molecule has 0 aromatic heterocycles. The molecule has 0 heterocycles. The maximum atomic E-state index is 4.26. The van der Waals surface area contributed by atoms with Crippen LogP contribution in [0.25, 0.3) is 0 Å². The number of hydrogen-bond acceptors (Lipinski definition) is 0. The van der Waals surface area contributed by atoms with E-state index in [1.807, 2.05) is 0 Å². The Balaban J connectivity index is 4.11. The largest absolute Gasteiger partial charge is 0.0993 e. The van der Waals surface area contributed by atoms with Gasteiger partial charge in [0.25, 0.3) is 0 Å². The highest BCUT2D eigenvalue weighted by molar-refractivity contribution is 5.03. The molecule has 0 aromatic rings. The molecule has 0 saturated heterocycles. The first-order valence-corrected chi connectivity index (χ1v) is 7.96. The third kappa shape index (κ3) is 5.59. The van der Waals surface area contributed by atoms with Crippen molar-refractivity contribution in [2.24, 2.45) is 23.2 Å². The molecule has 0 nitrogen and oxygen atoms in total. The van der Waals surface area contributed by atoms with Gasteiger partial charge in [-0.3, -0.25) is 0 Å². The summed E-state index contributed by atoms with van der Waals surface area (Å²) in [4.78, 5) is 0. The molecule has 0 aliphatic carbocycles. The molecule has 0 aromatic carbocycles. The summed E-state index contributed by atoms with van der Waals surface area (Å²) in [5, 5.41) is 0. The molecular weight excluding hydrogens is 216 g/mol. The van der Waals surface area contributed by atoms with Crippen LogP contribution in [0.2, 0.25) is 0 Å². The van der Waals surface area contributed by atoms with Crippen LogP contribution in [0.5, 0.6) is 0 Å². The van der Waals surface area contributed by atoms with E-state index in [1.165, 1.54) is 37.7 Å². The van der Waals surface area contributed by atoms with E-state index >= 15 is 0 Å². The van der Waals surface area contributed by atoms with Crippen LogP contribution < -0.4 is 0 Å². The van der Waals surface area contributed by atoms with Crippen molar-refractivity contribution >= 4 is 0 Å². The van der Waals surface area contributed by atoms with Crippen LogP contribution in [0.3, 0.4) is 0 Å². The monoisotopic (exact) mass is 252 g/mol. The van der Waals surface area contributed by atoms with Gasteiger partial charge >= 0.3 is 0 Å². The molecule has 2 unspecified atom stereocenters. The molecule has 0 N–H and O–H groups in total. The first kappa shape index (κ1) is 17.7. The zero-order valence-electron chi connectivity index (χ0n) is 14.0. The summed E-state index contributed by atoms with van der Waals surface area (Å²) in [6, 6.07) is 0. The van der Waals surface area contributed by atoms with Crippen molar-refractivity contribution in [3.05, 3.63) is 12.2 Å². The summed E-state index contributed by atoms with van der Waals surface area (Å²) in [5.41, 5.74) is 1.99. The van der Waals surface area contributed by atoms with Gasteiger partial charge in [-0.05, 0) is 29.6 Å². The Kier molecular flexibility index (Phi) is 7.90. The molecule has 0 heteroatoms. The lowest BCUT2D eigenvalue weighted by Crippen LogP contribution is -2.17. The van der Waals surface area contributed by atoms with Crippen molar-refractivity contribution in [3.63, 3.8) is 0 Å². The van der Waals surface area contributed by atoms with Gasteiger partial charge in [0.15, 0.2) is 0 Å². The standard InChI is InChI=1S/C18H36/c1-9-18(8,10-2)13-11-12-15(5)17(7)16(6)14(3)4/h14-15,17H,6,9-13H2,1-5,7-8H3. The normalized spacial score (nSPS) is 15.8. The fraction of sp³-hybridized carbons (Fsp3) is 0.889. The van der Waals surface area contributed by atoms with Crippen molar-refractivity contribution in [1.82, 2.24) is 0 Å². The van der Waals surface area contributed by atoms with Crippen molar-refractivity contribution < 1.29 is 0 Å². The second kappa shape index (κ2) is 8.02. The second-order valence-electron chi connectivity index (χ2n) is 6.91. The molecule has 0 aliphatic heterocycles. The first-order chi connectivity index (χ1) is 8.27. The van der Waals surface area contributed by atoms with Crippen LogP contribution in [-0.4, -0.2) is 0 Å². The topological polar surface area (TPSA) is 0 Å². The van der Waals surface area contributed by atoms with Gasteiger partial charge in [-0.15, -0.1) is 0 Å². The molecule has 18 heavy (non-hydrogen) atoms. The molecule has 0 amide bonds. The Labute approximate surface area is 116 Å². The van der Waals surface area contributed by atoms with Gasteiger partial charge in [0.05, 0.1) is 0 Å². The van der Waals surface area contributed by atoms with Gasteiger partial charge in [-0.25, -0.2) is 0 Å². The minimum Gasteiger partial charge on any atom is -0.0993 e. The number of rotatable bonds is 9. The van der Waals surface area contributed by atoms with E-state index in [1.54, 1.807) is 0 Å². The molecule has 0 saturated carbocycles. The molecule has 0 fully saturated rings. The van der Waals surface area contributed by atoms with Gasteiger partial charge in [-0.2, -0.15) is 0 Å². The van der Waals surface area contributed by atoms with E-state index < -0.39 is 0 Å². The molecule has 0 bridgehead atoms. The minimum absolute atomic E-state index is 0.567. The molecular formula is C18H36. The Morgan fingerprint density at radius 1 is 1.06 bits per heavy atom. The third-order valence-electron chi connectivity index (χ3n) is 5.33. The maximum Gasteiger partial charge on any atom is -0.0206 e. The van der Waals surface area contributed by atoms with E-state index in [-0.39, 0.29) is 0 Å². The van der Waals surface area contributed by atoms with Crippen LogP contribution >= 0.6 is 0 Å². The smallest absolute Gasteiger partial charge is 0.0206 e. The van der Waals surface area contributed by atoms with Crippen LogP contribution in [0.15, 0.2) is 12.2 Å². The van der Waals surface area contributed by atoms with Crippen molar-refractivity contribution in [3.8, 4) is 0 Å². The van der Waals surface area contributed by atoms with Gasteiger partial charge in [0, 0.05) is 0 Å². The maximum absolute atomic E-state index is 4.26. The summed E-state index contributed by atoms with van der Waals surface area (Å²) < 4.78 is 0. The molecule has 0 aliphatic rings. The third-order valence-corrected chi connectivity index (χ3v) is 5.33. The van der Waals surface area contributed by atoms with Crippen molar-refractivity contribution in [2.75, 3.05) is 0 Å². The average molecular weight is 252 g/mol. The highest BCUT2D eigenvalue weighted by atomic mass is 14.3. The van der Waals surface area contributed by atoms with E-state index in [0.29, 0.717) is 17.3 Å². The van der Waals surface area contributed by atoms with E-state index in [0.717, 1.165) is 5.92 Å². The number of allylic oxidation sites excluding steroid dienone is 1. The first-order valence-electron chi connectivity index (χ1n) is 7.96. The molecule has 0 radical (unpaired) electrons. The fourth-order valence-electron chi connectivity index (χ4n) is 2.60. The summed E-state index contributed by atoms with van der Waals surface area (Å²) in [6.45, 7) is 20.6. The van der Waals surface area contributed by atoms with E-state index in [9.17, 15) is 0 Å². The fourth-order valence-corrected chi connectivity index (χ4v) is 2.60. The van der Waals surface area contributed by atoms with Crippen LogP contribution in [0.1, 0.15) is 80.6 Å².